The van der Waals surface area contributed by atoms with Crippen molar-refractivity contribution in [3.05, 3.63) is 53.9 Å². The number of rotatable bonds is 4. The summed E-state index contributed by atoms with van der Waals surface area (Å²) in [5, 5.41) is 5.86. The number of aromatic amines is 1. The van der Waals surface area contributed by atoms with Crippen LogP contribution >= 0.6 is 0 Å². The lowest BCUT2D eigenvalue weighted by Gasteiger charge is -2.06. The van der Waals surface area contributed by atoms with Crippen molar-refractivity contribution in [2.24, 2.45) is 0 Å². The summed E-state index contributed by atoms with van der Waals surface area (Å²) in [7, 11) is 1.62. The number of anilines is 1. The van der Waals surface area contributed by atoms with E-state index in [1.54, 1.807) is 19.2 Å². The molecule has 0 atom stereocenters. The standard InChI is InChI=1S/C13H15N3O/c1-14-13(17)10-4-6-11(7-5-10)16-9-12-3-2-8-15-12/h2-8,15-16H,9H2,1H3,(H,14,17). The lowest BCUT2D eigenvalue weighted by atomic mass is 10.2. The Balaban J connectivity index is 1.96. The highest BCUT2D eigenvalue weighted by atomic mass is 16.1. The number of hydrogen-bond donors (Lipinski definition) is 3. The van der Waals surface area contributed by atoms with Gasteiger partial charge in [-0.3, -0.25) is 4.79 Å². The van der Waals surface area contributed by atoms with Crippen molar-refractivity contribution in [3.8, 4) is 0 Å². The van der Waals surface area contributed by atoms with E-state index in [9.17, 15) is 4.79 Å². The van der Waals surface area contributed by atoms with E-state index >= 15 is 0 Å². The van der Waals surface area contributed by atoms with Gasteiger partial charge in [0.25, 0.3) is 5.91 Å². The van der Waals surface area contributed by atoms with Crippen LogP contribution in [0.25, 0.3) is 0 Å². The van der Waals surface area contributed by atoms with Crippen LogP contribution < -0.4 is 10.6 Å². The van der Waals surface area contributed by atoms with Crippen molar-refractivity contribution in [2.75, 3.05) is 12.4 Å². The van der Waals surface area contributed by atoms with Gasteiger partial charge in [0, 0.05) is 30.2 Å². The average molecular weight is 229 g/mol. The third-order valence-electron chi connectivity index (χ3n) is 2.52. The smallest absolute Gasteiger partial charge is 0.251 e. The maximum Gasteiger partial charge on any atom is 0.251 e. The Morgan fingerprint density at radius 3 is 2.59 bits per heavy atom. The van der Waals surface area contributed by atoms with Gasteiger partial charge in [0.2, 0.25) is 0 Å². The largest absolute Gasteiger partial charge is 0.379 e. The Hall–Kier alpha value is -2.23. The molecular weight excluding hydrogens is 214 g/mol. The Morgan fingerprint density at radius 1 is 1.24 bits per heavy atom. The fraction of sp³-hybridized carbons (Fsp3) is 0.154. The Labute approximate surface area is 100 Å². The normalized spacial score (nSPS) is 9.94. The molecule has 0 saturated carbocycles. The van der Waals surface area contributed by atoms with Crippen LogP contribution in [0.3, 0.4) is 0 Å². The molecule has 4 nitrogen and oxygen atoms in total. The molecule has 1 aromatic carbocycles. The van der Waals surface area contributed by atoms with Gasteiger partial charge in [-0.15, -0.1) is 0 Å². The molecule has 17 heavy (non-hydrogen) atoms. The lowest BCUT2D eigenvalue weighted by molar-refractivity contribution is 0.0963. The minimum Gasteiger partial charge on any atom is -0.379 e. The van der Waals surface area contributed by atoms with Gasteiger partial charge >= 0.3 is 0 Å². The molecule has 1 heterocycles. The van der Waals surface area contributed by atoms with Gasteiger partial charge < -0.3 is 15.6 Å². The van der Waals surface area contributed by atoms with E-state index in [4.69, 9.17) is 0 Å². The predicted octanol–water partition coefficient (Wildman–Crippen LogP) is 1.99. The van der Waals surface area contributed by atoms with Crippen molar-refractivity contribution >= 4 is 11.6 Å². The summed E-state index contributed by atoms with van der Waals surface area (Å²) in [6, 6.07) is 11.4. The second-order valence-electron chi connectivity index (χ2n) is 3.71. The van der Waals surface area contributed by atoms with Gasteiger partial charge in [-0.25, -0.2) is 0 Å². The van der Waals surface area contributed by atoms with Gasteiger partial charge in [-0.05, 0) is 36.4 Å². The first-order valence-electron chi connectivity index (χ1n) is 5.48. The quantitative estimate of drug-likeness (QED) is 0.751. The fourth-order valence-electron chi connectivity index (χ4n) is 1.56. The molecule has 0 saturated heterocycles. The summed E-state index contributed by atoms with van der Waals surface area (Å²) < 4.78 is 0. The van der Waals surface area contributed by atoms with Crippen LogP contribution in [-0.4, -0.2) is 17.9 Å². The van der Waals surface area contributed by atoms with Crippen LogP contribution in [0.15, 0.2) is 42.6 Å². The summed E-state index contributed by atoms with van der Waals surface area (Å²) in [6.45, 7) is 0.742. The second-order valence-corrected chi connectivity index (χ2v) is 3.71. The van der Waals surface area contributed by atoms with Crippen molar-refractivity contribution < 1.29 is 4.79 Å². The number of amides is 1. The van der Waals surface area contributed by atoms with Crippen LogP contribution in [0.5, 0.6) is 0 Å². The molecule has 2 aromatic rings. The average Bonchev–Trinajstić information content (AvgIpc) is 2.89. The molecule has 0 bridgehead atoms. The van der Waals surface area contributed by atoms with Crippen molar-refractivity contribution in [1.29, 1.82) is 0 Å². The molecule has 1 amide bonds. The third kappa shape index (κ3) is 2.87. The van der Waals surface area contributed by atoms with Gasteiger partial charge in [-0.1, -0.05) is 0 Å². The van der Waals surface area contributed by atoms with E-state index in [0.29, 0.717) is 5.56 Å². The van der Waals surface area contributed by atoms with Crippen LogP contribution in [-0.2, 0) is 6.54 Å². The first-order valence-corrected chi connectivity index (χ1v) is 5.48. The summed E-state index contributed by atoms with van der Waals surface area (Å²) in [6.07, 6.45) is 1.89. The number of benzene rings is 1. The lowest BCUT2D eigenvalue weighted by Crippen LogP contribution is -2.17. The number of carbonyl (C=O) groups is 1. The summed E-state index contributed by atoms with van der Waals surface area (Å²) >= 11 is 0. The fourth-order valence-corrected chi connectivity index (χ4v) is 1.56. The molecule has 88 valence electrons. The Morgan fingerprint density at radius 2 is 2.00 bits per heavy atom. The Kier molecular flexibility index (Phi) is 3.45. The summed E-state index contributed by atoms with van der Waals surface area (Å²) in [5.74, 6) is -0.0686. The maximum atomic E-state index is 11.3. The maximum absolute atomic E-state index is 11.3. The number of carbonyl (C=O) groups excluding carboxylic acids is 1. The molecular formula is C13H15N3O. The summed E-state index contributed by atoms with van der Waals surface area (Å²) in [4.78, 5) is 14.5. The highest BCUT2D eigenvalue weighted by Crippen LogP contribution is 2.10. The molecule has 0 unspecified atom stereocenters. The van der Waals surface area contributed by atoms with E-state index in [0.717, 1.165) is 17.9 Å². The number of hydrogen-bond acceptors (Lipinski definition) is 2. The van der Waals surface area contributed by atoms with Crippen LogP contribution in [0.2, 0.25) is 0 Å². The SMILES string of the molecule is CNC(=O)c1ccc(NCc2ccc[nH]2)cc1. The topological polar surface area (TPSA) is 56.9 Å². The zero-order chi connectivity index (χ0) is 12.1. The molecule has 0 aliphatic rings. The first-order chi connectivity index (χ1) is 8.29. The van der Waals surface area contributed by atoms with Gasteiger partial charge in [0.15, 0.2) is 0 Å². The molecule has 4 heteroatoms. The minimum atomic E-state index is -0.0686. The zero-order valence-electron chi connectivity index (χ0n) is 9.66. The number of H-pyrrole nitrogens is 1. The van der Waals surface area contributed by atoms with Gasteiger partial charge in [-0.2, -0.15) is 0 Å². The number of nitrogens with one attached hydrogen (secondary N) is 3. The van der Waals surface area contributed by atoms with Crippen molar-refractivity contribution in [3.63, 3.8) is 0 Å². The van der Waals surface area contributed by atoms with E-state index in [1.807, 2.05) is 30.5 Å². The van der Waals surface area contributed by atoms with Crippen molar-refractivity contribution in [2.45, 2.75) is 6.54 Å². The minimum absolute atomic E-state index is 0.0686. The zero-order valence-corrected chi connectivity index (χ0v) is 9.66. The second kappa shape index (κ2) is 5.21. The molecule has 0 radical (unpaired) electrons. The highest BCUT2D eigenvalue weighted by molar-refractivity contribution is 5.94. The third-order valence-corrected chi connectivity index (χ3v) is 2.52. The molecule has 0 fully saturated rings. The van der Waals surface area contributed by atoms with E-state index < -0.39 is 0 Å². The van der Waals surface area contributed by atoms with Crippen LogP contribution in [0, 0.1) is 0 Å². The highest BCUT2D eigenvalue weighted by Gasteiger charge is 2.01. The predicted molar refractivity (Wildman–Crippen MR) is 68.0 cm³/mol. The summed E-state index contributed by atoms with van der Waals surface area (Å²) in [5.41, 5.74) is 2.78. The molecule has 2 rings (SSSR count). The monoisotopic (exact) mass is 229 g/mol. The van der Waals surface area contributed by atoms with Gasteiger partial charge in [0.1, 0.15) is 0 Å². The first kappa shape index (κ1) is 11.3. The molecule has 0 aliphatic carbocycles. The van der Waals surface area contributed by atoms with E-state index in [2.05, 4.69) is 15.6 Å². The van der Waals surface area contributed by atoms with Gasteiger partial charge in [0.05, 0.1) is 6.54 Å². The van der Waals surface area contributed by atoms with Crippen LogP contribution in [0.4, 0.5) is 5.69 Å². The van der Waals surface area contributed by atoms with E-state index in [-0.39, 0.29) is 5.91 Å². The molecule has 0 spiro atoms. The Bertz CT molecular complexity index is 474. The number of aromatic nitrogens is 1. The van der Waals surface area contributed by atoms with E-state index in [1.165, 1.54) is 0 Å². The molecule has 1 aromatic heterocycles. The molecule has 0 aliphatic heterocycles. The molecule has 3 N–H and O–H groups in total. The van der Waals surface area contributed by atoms with Crippen molar-refractivity contribution in [1.82, 2.24) is 10.3 Å². The van der Waals surface area contributed by atoms with Crippen LogP contribution in [0.1, 0.15) is 16.1 Å².